The van der Waals surface area contributed by atoms with Gasteiger partial charge in [0.1, 0.15) is 12.4 Å². The van der Waals surface area contributed by atoms with E-state index in [-0.39, 0.29) is 12.4 Å². The van der Waals surface area contributed by atoms with Gasteiger partial charge in [-0.15, -0.1) is 12.4 Å². The number of hydrogen-bond donors (Lipinski definition) is 1. The molecule has 0 amide bonds. The van der Waals surface area contributed by atoms with Crippen LogP contribution in [0.5, 0.6) is 5.75 Å². The predicted octanol–water partition coefficient (Wildman–Crippen LogP) is 5.99. The second kappa shape index (κ2) is 10.9. The van der Waals surface area contributed by atoms with Crippen molar-refractivity contribution in [1.82, 2.24) is 5.32 Å². The van der Waals surface area contributed by atoms with Crippen LogP contribution in [-0.4, -0.2) is 6.54 Å². The van der Waals surface area contributed by atoms with Gasteiger partial charge in [-0.25, -0.2) is 0 Å². The van der Waals surface area contributed by atoms with E-state index < -0.39 is 0 Å². The molecule has 5 heteroatoms. The molecule has 0 aliphatic rings. The van der Waals surface area contributed by atoms with Crippen molar-refractivity contribution in [2.45, 2.75) is 32.9 Å². The standard InChI is InChI=1S/C18H21BrClNO.ClH/c1-2-3-10-21-12-15-6-9-18(17(19)11-15)22-13-14-4-7-16(20)8-5-14;/h4-9,11,21H,2-3,10,12-13H2,1H3;1H. The second-order valence-corrected chi connectivity index (χ2v) is 6.50. The molecule has 0 atom stereocenters. The maximum atomic E-state index is 5.88. The van der Waals surface area contributed by atoms with Crippen LogP contribution in [0.1, 0.15) is 30.9 Å². The number of halogens is 3. The van der Waals surface area contributed by atoms with Gasteiger partial charge in [-0.05, 0) is 64.3 Å². The van der Waals surface area contributed by atoms with Crippen LogP contribution in [0.15, 0.2) is 46.9 Å². The molecule has 0 aliphatic heterocycles. The first-order chi connectivity index (χ1) is 10.7. The van der Waals surface area contributed by atoms with Gasteiger partial charge in [0.2, 0.25) is 0 Å². The van der Waals surface area contributed by atoms with Crippen molar-refractivity contribution in [2.75, 3.05) is 6.54 Å². The van der Waals surface area contributed by atoms with Crippen LogP contribution in [0.2, 0.25) is 5.02 Å². The Balaban J connectivity index is 0.00000264. The molecule has 0 aromatic heterocycles. The van der Waals surface area contributed by atoms with Crippen LogP contribution in [0.25, 0.3) is 0 Å². The Kier molecular flexibility index (Phi) is 9.65. The molecule has 126 valence electrons. The lowest BCUT2D eigenvalue weighted by Crippen LogP contribution is -2.14. The molecular weight excluding hydrogens is 397 g/mol. The Hall–Kier alpha value is -0.740. The quantitative estimate of drug-likeness (QED) is 0.531. The summed E-state index contributed by atoms with van der Waals surface area (Å²) in [4.78, 5) is 0. The minimum atomic E-state index is 0. The van der Waals surface area contributed by atoms with Crippen LogP contribution in [0.4, 0.5) is 0 Å². The van der Waals surface area contributed by atoms with Crippen LogP contribution >= 0.6 is 39.9 Å². The van der Waals surface area contributed by atoms with Crippen molar-refractivity contribution >= 4 is 39.9 Å². The van der Waals surface area contributed by atoms with E-state index in [0.717, 1.165) is 33.9 Å². The molecule has 0 spiro atoms. The van der Waals surface area contributed by atoms with Crippen LogP contribution in [-0.2, 0) is 13.2 Å². The minimum Gasteiger partial charge on any atom is -0.488 e. The zero-order chi connectivity index (χ0) is 15.8. The molecule has 2 rings (SSSR count). The molecule has 2 aromatic carbocycles. The van der Waals surface area contributed by atoms with Gasteiger partial charge in [0.25, 0.3) is 0 Å². The summed E-state index contributed by atoms with van der Waals surface area (Å²) >= 11 is 9.46. The average Bonchev–Trinajstić information content (AvgIpc) is 2.52. The molecule has 1 N–H and O–H groups in total. The number of ether oxygens (including phenoxy) is 1. The third-order valence-corrected chi connectivity index (χ3v) is 4.21. The highest BCUT2D eigenvalue weighted by atomic mass is 79.9. The largest absolute Gasteiger partial charge is 0.488 e. The molecule has 0 unspecified atom stereocenters. The highest BCUT2D eigenvalue weighted by Crippen LogP contribution is 2.27. The SMILES string of the molecule is CCCCNCc1ccc(OCc2ccc(Cl)cc2)c(Br)c1.Cl. The Morgan fingerprint density at radius 3 is 2.43 bits per heavy atom. The highest BCUT2D eigenvalue weighted by molar-refractivity contribution is 9.10. The lowest BCUT2D eigenvalue weighted by molar-refractivity contribution is 0.304. The molecule has 2 nitrogen and oxygen atoms in total. The third-order valence-electron chi connectivity index (χ3n) is 3.34. The Morgan fingerprint density at radius 2 is 1.78 bits per heavy atom. The van der Waals surface area contributed by atoms with Gasteiger partial charge < -0.3 is 10.1 Å². The fourth-order valence-electron chi connectivity index (χ4n) is 2.05. The van der Waals surface area contributed by atoms with Gasteiger partial charge in [0, 0.05) is 11.6 Å². The van der Waals surface area contributed by atoms with Crippen molar-refractivity contribution in [3.63, 3.8) is 0 Å². The van der Waals surface area contributed by atoms with Crippen molar-refractivity contribution in [1.29, 1.82) is 0 Å². The summed E-state index contributed by atoms with van der Waals surface area (Å²) < 4.78 is 6.83. The highest BCUT2D eigenvalue weighted by Gasteiger charge is 2.03. The summed E-state index contributed by atoms with van der Waals surface area (Å²) in [7, 11) is 0. The van der Waals surface area contributed by atoms with Gasteiger partial charge in [-0.2, -0.15) is 0 Å². The molecule has 23 heavy (non-hydrogen) atoms. The normalized spacial score (nSPS) is 10.2. The summed E-state index contributed by atoms with van der Waals surface area (Å²) in [5.41, 5.74) is 2.35. The maximum Gasteiger partial charge on any atom is 0.134 e. The van der Waals surface area contributed by atoms with E-state index in [1.165, 1.54) is 18.4 Å². The molecule has 2 aromatic rings. The lowest BCUT2D eigenvalue weighted by atomic mass is 10.2. The summed E-state index contributed by atoms with van der Waals surface area (Å²) in [5.74, 6) is 0.854. The fourth-order valence-corrected chi connectivity index (χ4v) is 2.71. The molecule has 0 saturated heterocycles. The summed E-state index contributed by atoms with van der Waals surface area (Å²) in [6.45, 7) is 4.67. The zero-order valence-corrected chi connectivity index (χ0v) is 16.3. The van der Waals surface area contributed by atoms with Gasteiger partial charge in [-0.3, -0.25) is 0 Å². The Labute approximate surface area is 158 Å². The van der Waals surface area contributed by atoms with E-state index >= 15 is 0 Å². The van der Waals surface area contributed by atoms with E-state index in [1.807, 2.05) is 30.3 Å². The van der Waals surface area contributed by atoms with Gasteiger partial charge >= 0.3 is 0 Å². The molecule has 0 aliphatic carbocycles. The van der Waals surface area contributed by atoms with Gasteiger partial charge in [0.05, 0.1) is 4.47 Å². The zero-order valence-electron chi connectivity index (χ0n) is 13.1. The number of nitrogens with one attached hydrogen (secondary N) is 1. The number of unbranched alkanes of at least 4 members (excludes halogenated alkanes) is 1. The van der Waals surface area contributed by atoms with E-state index in [2.05, 4.69) is 40.3 Å². The number of hydrogen-bond acceptors (Lipinski definition) is 2. The monoisotopic (exact) mass is 417 g/mol. The first kappa shape index (κ1) is 20.3. The first-order valence-corrected chi connectivity index (χ1v) is 8.72. The molecule has 0 heterocycles. The van der Waals surface area contributed by atoms with E-state index in [1.54, 1.807) is 0 Å². The van der Waals surface area contributed by atoms with Crippen molar-refractivity contribution in [3.8, 4) is 5.75 Å². The predicted molar refractivity (Wildman–Crippen MR) is 104 cm³/mol. The number of rotatable bonds is 8. The van der Waals surface area contributed by atoms with Crippen molar-refractivity contribution in [3.05, 3.63) is 63.1 Å². The van der Waals surface area contributed by atoms with Crippen molar-refractivity contribution < 1.29 is 4.74 Å². The second-order valence-electron chi connectivity index (χ2n) is 5.21. The van der Waals surface area contributed by atoms with Crippen molar-refractivity contribution in [2.24, 2.45) is 0 Å². The van der Waals surface area contributed by atoms with Crippen LogP contribution in [0, 0.1) is 0 Å². The maximum absolute atomic E-state index is 5.88. The number of benzene rings is 2. The molecule has 0 radical (unpaired) electrons. The van der Waals surface area contributed by atoms with Crippen LogP contribution in [0.3, 0.4) is 0 Å². The average molecular weight is 419 g/mol. The molecule has 0 fully saturated rings. The van der Waals surface area contributed by atoms with Gasteiger partial charge in [-0.1, -0.05) is 43.1 Å². The van der Waals surface area contributed by atoms with E-state index in [9.17, 15) is 0 Å². The topological polar surface area (TPSA) is 21.3 Å². The summed E-state index contributed by atoms with van der Waals surface area (Å²) in [5, 5.41) is 4.18. The molecular formula is C18H22BrCl2NO. The van der Waals surface area contributed by atoms with Gasteiger partial charge in [0.15, 0.2) is 0 Å². The minimum absolute atomic E-state index is 0. The third kappa shape index (κ3) is 7.13. The lowest BCUT2D eigenvalue weighted by Gasteiger charge is -2.10. The van der Waals surface area contributed by atoms with E-state index in [4.69, 9.17) is 16.3 Å². The van der Waals surface area contributed by atoms with Crippen LogP contribution < -0.4 is 10.1 Å². The van der Waals surface area contributed by atoms with E-state index in [0.29, 0.717) is 6.61 Å². The summed E-state index contributed by atoms with van der Waals surface area (Å²) in [6, 6.07) is 13.9. The smallest absolute Gasteiger partial charge is 0.134 e. The summed E-state index contributed by atoms with van der Waals surface area (Å²) in [6.07, 6.45) is 2.43. The Bertz CT molecular complexity index is 590. The molecule has 0 saturated carbocycles. The fraction of sp³-hybridized carbons (Fsp3) is 0.333. The first-order valence-electron chi connectivity index (χ1n) is 7.55. The molecule has 0 bridgehead atoms. The Morgan fingerprint density at radius 1 is 1.09 bits per heavy atom.